The molecular weight excluding hydrogens is 342 g/mol. The molecule has 0 atom stereocenters. The van der Waals surface area contributed by atoms with Crippen molar-refractivity contribution in [3.63, 3.8) is 0 Å². The lowest BCUT2D eigenvalue weighted by Gasteiger charge is -2.39. The summed E-state index contributed by atoms with van der Waals surface area (Å²) in [5, 5.41) is 0. The van der Waals surface area contributed by atoms with Crippen LogP contribution in [0.25, 0.3) is 11.0 Å². The van der Waals surface area contributed by atoms with Gasteiger partial charge in [0.15, 0.2) is 5.52 Å². The molecule has 1 aliphatic carbocycles. The maximum absolute atomic E-state index is 12.8. The van der Waals surface area contributed by atoms with Crippen molar-refractivity contribution in [2.24, 2.45) is 0 Å². The van der Waals surface area contributed by atoms with Gasteiger partial charge >= 0.3 is 5.69 Å². The van der Waals surface area contributed by atoms with Crippen LogP contribution in [0.1, 0.15) is 37.2 Å². The van der Waals surface area contributed by atoms with Crippen LogP contribution in [0.2, 0.25) is 0 Å². The Kier molecular flexibility index (Phi) is 4.66. The molecule has 2 aromatic heterocycles. The molecule has 0 saturated heterocycles. The topological polar surface area (TPSA) is 77.0 Å². The minimum Gasteiger partial charge on any atom is -0.376 e. The normalized spacial score (nSPS) is 22.8. The number of H-pyrrole nitrogens is 1. The molecular formula is C21H23N3O3. The molecule has 1 saturated carbocycles. The summed E-state index contributed by atoms with van der Waals surface area (Å²) in [7, 11) is 1.67. The smallest absolute Gasteiger partial charge is 0.329 e. The zero-order chi connectivity index (χ0) is 18.9. The van der Waals surface area contributed by atoms with E-state index >= 15 is 0 Å². The van der Waals surface area contributed by atoms with Crippen LogP contribution in [0.15, 0.2) is 58.3 Å². The summed E-state index contributed by atoms with van der Waals surface area (Å²) in [6, 6.07) is 13.9. The van der Waals surface area contributed by atoms with Crippen molar-refractivity contribution in [1.82, 2.24) is 14.5 Å². The molecule has 2 heterocycles. The molecule has 1 N–H and O–H groups in total. The van der Waals surface area contributed by atoms with Crippen molar-refractivity contribution in [2.45, 2.75) is 43.7 Å². The molecule has 4 rings (SSSR count). The highest BCUT2D eigenvalue weighted by molar-refractivity contribution is 5.71. The van der Waals surface area contributed by atoms with E-state index < -0.39 is 11.3 Å². The van der Waals surface area contributed by atoms with Crippen molar-refractivity contribution in [3.8, 4) is 0 Å². The number of nitrogens with one attached hydrogen (secondary N) is 1. The van der Waals surface area contributed by atoms with Crippen LogP contribution in [-0.4, -0.2) is 27.2 Å². The van der Waals surface area contributed by atoms with Crippen molar-refractivity contribution in [1.29, 1.82) is 0 Å². The largest absolute Gasteiger partial charge is 0.376 e. The number of benzene rings is 1. The van der Waals surface area contributed by atoms with E-state index in [0.29, 0.717) is 11.4 Å². The van der Waals surface area contributed by atoms with E-state index in [1.165, 1.54) is 10.1 Å². The number of methoxy groups -OCH3 is 1. The van der Waals surface area contributed by atoms with E-state index in [9.17, 15) is 9.59 Å². The van der Waals surface area contributed by atoms with Gasteiger partial charge in [0, 0.05) is 13.3 Å². The molecule has 1 aromatic carbocycles. The van der Waals surface area contributed by atoms with Crippen LogP contribution >= 0.6 is 0 Å². The average Bonchev–Trinajstić information content (AvgIpc) is 2.72. The zero-order valence-corrected chi connectivity index (χ0v) is 15.4. The number of aromatic nitrogens is 3. The number of pyridine rings is 1. The van der Waals surface area contributed by atoms with E-state index in [1.54, 1.807) is 25.4 Å². The molecule has 0 spiro atoms. The molecule has 0 amide bonds. The Morgan fingerprint density at radius 3 is 2.59 bits per heavy atom. The molecule has 6 heteroatoms. The summed E-state index contributed by atoms with van der Waals surface area (Å²) in [6.45, 7) is 0.242. The van der Waals surface area contributed by atoms with E-state index in [1.807, 2.05) is 6.07 Å². The lowest BCUT2D eigenvalue weighted by molar-refractivity contribution is -0.0566. The summed E-state index contributed by atoms with van der Waals surface area (Å²) < 4.78 is 7.09. The van der Waals surface area contributed by atoms with Gasteiger partial charge in [0.1, 0.15) is 0 Å². The zero-order valence-electron chi connectivity index (χ0n) is 15.4. The molecule has 1 aliphatic rings. The van der Waals surface area contributed by atoms with E-state index in [-0.39, 0.29) is 17.6 Å². The monoisotopic (exact) mass is 365 g/mol. The highest BCUT2D eigenvalue weighted by atomic mass is 16.5. The second-order valence-corrected chi connectivity index (χ2v) is 7.29. The molecule has 3 aromatic rings. The van der Waals surface area contributed by atoms with Gasteiger partial charge < -0.3 is 9.72 Å². The number of aromatic amines is 1. The van der Waals surface area contributed by atoms with Crippen molar-refractivity contribution in [3.05, 3.63) is 75.1 Å². The summed E-state index contributed by atoms with van der Waals surface area (Å²) in [4.78, 5) is 32.2. The first-order valence-electron chi connectivity index (χ1n) is 9.30. The third kappa shape index (κ3) is 3.32. The van der Waals surface area contributed by atoms with Crippen molar-refractivity contribution < 1.29 is 4.74 Å². The number of nitrogens with zero attached hydrogens (tertiary/aromatic N) is 2. The molecule has 0 bridgehead atoms. The first kappa shape index (κ1) is 17.7. The quantitative estimate of drug-likeness (QED) is 0.771. The Balaban J connectivity index is 1.61. The van der Waals surface area contributed by atoms with Gasteiger partial charge in [-0.2, -0.15) is 0 Å². The molecule has 0 radical (unpaired) electrons. The molecule has 27 heavy (non-hydrogen) atoms. The molecule has 0 unspecified atom stereocenters. The number of fused-ring (bicyclic) bond motifs is 1. The third-order valence-corrected chi connectivity index (χ3v) is 5.79. The summed E-state index contributed by atoms with van der Waals surface area (Å²) >= 11 is 0. The second-order valence-electron chi connectivity index (χ2n) is 7.29. The summed E-state index contributed by atoms with van der Waals surface area (Å²) in [5.41, 5.74) is 0.791. The van der Waals surface area contributed by atoms with Crippen LogP contribution in [0.4, 0.5) is 0 Å². The number of hydrogen-bond acceptors (Lipinski definition) is 4. The maximum atomic E-state index is 12.8. The van der Waals surface area contributed by atoms with Crippen LogP contribution < -0.4 is 11.2 Å². The SMILES string of the molecule is COC1(Cn2c(=O)[nH]c3cccnc3c2=O)CCC(c2ccccc2)CC1. The van der Waals surface area contributed by atoms with Crippen molar-refractivity contribution in [2.75, 3.05) is 7.11 Å². The second kappa shape index (κ2) is 7.12. The lowest BCUT2D eigenvalue weighted by atomic mass is 9.76. The lowest BCUT2D eigenvalue weighted by Crippen LogP contribution is -2.47. The van der Waals surface area contributed by atoms with Gasteiger partial charge in [0.2, 0.25) is 0 Å². The first-order chi connectivity index (χ1) is 13.1. The predicted molar refractivity (Wildman–Crippen MR) is 104 cm³/mol. The molecule has 140 valence electrons. The van der Waals surface area contributed by atoms with Gasteiger partial charge in [-0.25, -0.2) is 9.78 Å². The average molecular weight is 365 g/mol. The van der Waals surface area contributed by atoms with Gasteiger partial charge in [0.05, 0.1) is 17.7 Å². The minimum absolute atomic E-state index is 0.242. The van der Waals surface area contributed by atoms with Crippen LogP contribution in [-0.2, 0) is 11.3 Å². The standard InChI is InChI=1S/C21H23N3O3/c1-27-21(11-9-16(10-12-21)15-6-3-2-4-7-15)14-24-19(25)18-17(23-20(24)26)8-5-13-22-18/h2-8,13,16H,9-12,14H2,1H3,(H,23,26). The van der Waals surface area contributed by atoms with Crippen molar-refractivity contribution >= 4 is 11.0 Å². The van der Waals surface area contributed by atoms with E-state index in [0.717, 1.165) is 25.7 Å². The predicted octanol–water partition coefficient (Wildman–Crippen LogP) is 2.83. The third-order valence-electron chi connectivity index (χ3n) is 5.79. The highest BCUT2D eigenvalue weighted by Crippen LogP contribution is 2.40. The Bertz CT molecular complexity index is 1050. The Morgan fingerprint density at radius 2 is 1.89 bits per heavy atom. The summed E-state index contributed by atoms with van der Waals surface area (Å²) in [6.07, 6.45) is 5.10. The fourth-order valence-electron chi connectivity index (χ4n) is 4.14. The Labute approximate surface area is 156 Å². The fraction of sp³-hybridized carbons (Fsp3) is 0.381. The van der Waals surface area contributed by atoms with Crippen LogP contribution in [0.3, 0.4) is 0 Å². The summed E-state index contributed by atoms with van der Waals surface area (Å²) in [5.74, 6) is 0.489. The van der Waals surface area contributed by atoms with Gasteiger partial charge in [-0.15, -0.1) is 0 Å². The Hall–Kier alpha value is -2.73. The van der Waals surface area contributed by atoms with Gasteiger partial charge in [-0.1, -0.05) is 30.3 Å². The number of rotatable bonds is 4. The fourth-order valence-corrected chi connectivity index (χ4v) is 4.14. The van der Waals surface area contributed by atoms with Gasteiger partial charge in [0.25, 0.3) is 5.56 Å². The highest BCUT2D eigenvalue weighted by Gasteiger charge is 2.37. The molecule has 6 nitrogen and oxygen atoms in total. The van der Waals surface area contributed by atoms with Crippen LogP contribution in [0, 0.1) is 0 Å². The van der Waals surface area contributed by atoms with Gasteiger partial charge in [-0.3, -0.25) is 9.36 Å². The first-order valence-corrected chi connectivity index (χ1v) is 9.30. The van der Waals surface area contributed by atoms with E-state index in [2.05, 4.69) is 34.2 Å². The minimum atomic E-state index is -0.509. The maximum Gasteiger partial charge on any atom is 0.329 e. The molecule has 0 aliphatic heterocycles. The Morgan fingerprint density at radius 1 is 1.15 bits per heavy atom. The number of ether oxygens (including phenoxy) is 1. The molecule has 1 fully saturated rings. The number of hydrogen-bond donors (Lipinski definition) is 1. The van der Waals surface area contributed by atoms with E-state index in [4.69, 9.17) is 4.74 Å². The van der Waals surface area contributed by atoms with Crippen LogP contribution in [0.5, 0.6) is 0 Å². The van der Waals surface area contributed by atoms with Gasteiger partial charge in [-0.05, 0) is 49.3 Å².